The van der Waals surface area contributed by atoms with E-state index in [2.05, 4.69) is 4.98 Å². The normalized spacial score (nSPS) is 11.4. The van der Waals surface area contributed by atoms with Crippen LogP contribution in [0.5, 0.6) is 5.95 Å². The maximum Gasteiger partial charge on any atom is 0.284 e. The van der Waals surface area contributed by atoms with Gasteiger partial charge in [-0.25, -0.2) is 13.6 Å². The van der Waals surface area contributed by atoms with Gasteiger partial charge in [-0.3, -0.25) is 4.98 Å². The summed E-state index contributed by atoms with van der Waals surface area (Å²) < 4.78 is 32.2. The molecule has 0 aromatic carbocycles. The van der Waals surface area contributed by atoms with Crippen LogP contribution in [0.4, 0.5) is 0 Å². The van der Waals surface area contributed by atoms with Crippen LogP contribution in [0.1, 0.15) is 0 Å². The van der Waals surface area contributed by atoms with Crippen LogP contribution in [0, 0.1) is 0 Å². The van der Waals surface area contributed by atoms with Crippen LogP contribution in [0.25, 0.3) is 11.5 Å². The lowest BCUT2D eigenvalue weighted by atomic mass is 10.3. The highest BCUT2D eigenvalue weighted by Crippen LogP contribution is 2.24. The SMILES string of the molecule is COc1ccc(-c2ccc(S(N)(=O)=O)cn2)o1. The molecule has 2 aromatic rings. The summed E-state index contributed by atoms with van der Waals surface area (Å²) in [5, 5.41) is 4.96. The summed E-state index contributed by atoms with van der Waals surface area (Å²) in [4.78, 5) is 3.91. The van der Waals surface area contributed by atoms with Crippen molar-refractivity contribution in [2.75, 3.05) is 7.11 Å². The lowest BCUT2D eigenvalue weighted by Crippen LogP contribution is -2.12. The maximum absolute atomic E-state index is 11.0. The Kier molecular flexibility index (Phi) is 2.86. The van der Waals surface area contributed by atoms with Gasteiger partial charge in [-0.2, -0.15) is 0 Å². The molecule has 0 aliphatic carbocycles. The molecule has 0 amide bonds. The Balaban J connectivity index is 2.35. The molecule has 2 aromatic heterocycles. The fourth-order valence-electron chi connectivity index (χ4n) is 1.26. The predicted molar refractivity (Wildman–Crippen MR) is 59.9 cm³/mol. The number of sulfonamides is 1. The number of primary sulfonamides is 1. The molecule has 0 spiro atoms. The Morgan fingerprint density at radius 3 is 2.53 bits per heavy atom. The van der Waals surface area contributed by atoms with E-state index in [0.717, 1.165) is 0 Å². The van der Waals surface area contributed by atoms with Gasteiger partial charge in [0.05, 0.1) is 7.11 Å². The molecule has 17 heavy (non-hydrogen) atoms. The molecule has 2 rings (SSSR count). The molecule has 0 unspecified atom stereocenters. The number of furan rings is 1. The number of pyridine rings is 1. The highest BCUT2D eigenvalue weighted by Gasteiger charge is 2.10. The van der Waals surface area contributed by atoms with Crippen LogP contribution in [0.15, 0.2) is 39.8 Å². The molecule has 7 heteroatoms. The van der Waals surface area contributed by atoms with E-state index in [1.54, 1.807) is 12.1 Å². The van der Waals surface area contributed by atoms with Gasteiger partial charge in [0.25, 0.3) is 5.95 Å². The van der Waals surface area contributed by atoms with E-state index in [9.17, 15) is 8.42 Å². The van der Waals surface area contributed by atoms with Gasteiger partial charge in [-0.15, -0.1) is 0 Å². The Morgan fingerprint density at radius 2 is 2.06 bits per heavy atom. The molecule has 0 radical (unpaired) electrons. The smallest absolute Gasteiger partial charge is 0.284 e. The second kappa shape index (κ2) is 4.19. The fourth-order valence-corrected chi connectivity index (χ4v) is 1.72. The first kappa shape index (κ1) is 11.6. The maximum atomic E-state index is 11.0. The van der Waals surface area contributed by atoms with Crippen molar-refractivity contribution in [3.05, 3.63) is 30.5 Å². The summed E-state index contributed by atoms with van der Waals surface area (Å²) in [6.45, 7) is 0. The monoisotopic (exact) mass is 254 g/mol. The van der Waals surface area contributed by atoms with Crippen molar-refractivity contribution in [3.63, 3.8) is 0 Å². The van der Waals surface area contributed by atoms with Crippen LogP contribution in [0.2, 0.25) is 0 Å². The number of hydrogen-bond donors (Lipinski definition) is 1. The van der Waals surface area contributed by atoms with Crippen LogP contribution in [0.3, 0.4) is 0 Å². The third kappa shape index (κ3) is 2.45. The Bertz CT molecular complexity index is 616. The van der Waals surface area contributed by atoms with Gasteiger partial charge in [0.1, 0.15) is 10.6 Å². The topological polar surface area (TPSA) is 95.4 Å². The number of rotatable bonds is 3. The van der Waals surface area contributed by atoms with Crippen molar-refractivity contribution in [2.24, 2.45) is 5.14 Å². The molecular weight excluding hydrogens is 244 g/mol. The second-order valence-corrected chi connectivity index (χ2v) is 4.81. The van der Waals surface area contributed by atoms with E-state index in [4.69, 9.17) is 14.3 Å². The quantitative estimate of drug-likeness (QED) is 0.881. The highest BCUT2D eigenvalue weighted by atomic mass is 32.2. The molecule has 0 aliphatic rings. The van der Waals surface area contributed by atoms with E-state index in [-0.39, 0.29) is 4.90 Å². The van der Waals surface area contributed by atoms with Crippen molar-refractivity contribution in [2.45, 2.75) is 4.90 Å². The molecular formula is C10H10N2O4S. The van der Waals surface area contributed by atoms with E-state index in [1.807, 2.05) is 0 Å². The van der Waals surface area contributed by atoms with Crippen molar-refractivity contribution in [1.29, 1.82) is 0 Å². The number of aromatic nitrogens is 1. The van der Waals surface area contributed by atoms with E-state index in [0.29, 0.717) is 17.4 Å². The number of nitrogens with zero attached hydrogens (tertiary/aromatic N) is 1. The van der Waals surface area contributed by atoms with Gasteiger partial charge in [0.15, 0.2) is 5.76 Å². The molecule has 0 saturated heterocycles. The van der Waals surface area contributed by atoms with Gasteiger partial charge >= 0.3 is 0 Å². The minimum atomic E-state index is -3.72. The van der Waals surface area contributed by atoms with Crippen molar-refractivity contribution in [1.82, 2.24) is 4.98 Å². The van der Waals surface area contributed by atoms with Crippen LogP contribution in [-0.4, -0.2) is 20.5 Å². The average Bonchev–Trinajstić information content (AvgIpc) is 2.76. The average molecular weight is 254 g/mol. The molecule has 2 N–H and O–H groups in total. The van der Waals surface area contributed by atoms with Crippen molar-refractivity contribution < 1.29 is 17.6 Å². The third-order valence-electron chi connectivity index (χ3n) is 2.10. The fraction of sp³-hybridized carbons (Fsp3) is 0.100. The standard InChI is InChI=1S/C10H10N2O4S/c1-15-10-5-4-9(16-10)8-3-2-7(6-12-8)17(11,13)14/h2-6H,1H3,(H2,11,13,14). The Labute approximate surface area is 98.1 Å². The van der Waals surface area contributed by atoms with Crippen molar-refractivity contribution >= 4 is 10.0 Å². The molecule has 0 aliphatic heterocycles. The molecule has 6 nitrogen and oxygen atoms in total. The summed E-state index contributed by atoms with van der Waals surface area (Å²) in [5.41, 5.74) is 0.501. The number of ether oxygens (including phenoxy) is 1. The summed E-state index contributed by atoms with van der Waals surface area (Å²) in [7, 11) is -2.23. The van der Waals surface area contributed by atoms with Gasteiger partial charge in [-0.05, 0) is 18.2 Å². The number of hydrogen-bond acceptors (Lipinski definition) is 5. The molecule has 0 saturated carbocycles. The summed E-state index contributed by atoms with van der Waals surface area (Å²) in [5.74, 6) is 0.847. The zero-order chi connectivity index (χ0) is 12.5. The van der Waals surface area contributed by atoms with Gasteiger partial charge < -0.3 is 9.15 Å². The third-order valence-corrected chi connectivity index (χ3v) is 3.00. The van der Waals surface area contributed by atoms with Gasteiger partial charge in [0.2, 0.25) is 10.0 Å². The highest BCUT2D eigenvalue weighted by molar-refractivity contribution is 7.89. The lowest BCUT2D eigenvalue weighted by molar-refractivity contribution is 0.309. The second-order valence-electron chi connectivity index (χ2n) is 3.25. The minimum absolute atomic E-state index is 0.0419. The molecule has 0 fully saturated rings. The van der Waals surface area contributed by atoms with Crippen LogP contribution < -0.4 is 9.88 Å². The van der Waals surface area contributed by atoms with E-state index >= 15 is 0 Å². The van der Waals surface area contributed by atoms with Crippen LogP contribution >= 0.6 is 0 Å². The van der Waals surface area contributed by atoms with E-state index < -0.39 is 10.0 Å². The number of methoxy groups -OCH3 is 1. The Morgan fingerprint density at radius 1 is 1.29 bits per heavy atom. The minimum Gasteiger partial charge on any atom is -0.468 e. The van der Waals surface area contributed by atoms with E-state index in [1.165, 1.54) is 25.4 Å². The molecule has 2 heterocycles. The lowest BCUT2D eigenvalue weighted by Gasteiger charge is -1.99. The first-order valence-corrected chi connectivity index (χ1v) is 6.18. The molecule has 90 valence electrons. The van der Waals surface area contributed by atoms with Gasteiger partial charge in [0, 0.05) is 12.3 Å². The largest absolute Gasteiger partial charge is 0.468 e. The molecule has 0 atom stereocenters. The summed E-state index contributed by atoms with van der Waals surface area (Å²) >= 11 is 0. The zero-order valence-corrected chi connectivity index (χ0v) is 9.77. The first-order chi connectivity index (χ1) is 8.00. The summed E-state index contributed by atoms with van der Waals surface area (Å²) in [6, 6.07) is 6.20. The Hall–Kier alpha value is -1.86. The summed E-state index contributed by atoms with van der Waals surface area (Å²) in [6.07, 6.45) is 1.18. The number of nitrogens with two attached hydrogens (primary N) is 1. The zero-order valence-electron chi connectivity index (χ0n) is 8.95. The predicted octanol–water partition coefficient (Wildman–Crippen LogP) is 0.998. The van der Waals surface area contributed by atoms with Crippen molar-refractivity contribution in [3.8, 4) is 17.4 Å². The van der Waals surface area contributed by atoms with Gasteiger partial charge in [-0.1, -0.05) is 0 Å². The molecule has 0 bridgehead atoms. The first-order valence-electron chi connectivity index (χ1n) is 4.64. The van der Waals surface area contributed by atoms with Crippen LogP contribution in [-0.2, 0) is 10.0 Å².